The quantitative estimate of drug-likeness (QED) is 0.197. The number of aliphatic imine (C=N–C) groups is 1. The van der Waals surface area contributed by atoms with E-state index in [-0.39, 0.29) is 29.9 Å². The van der Waals surface area contributed by atoms with Crippen molar-refractivity contribution in [2.24, 2.45) is 4.99 Å². The van der Waals surface area contributed by atoms with Crippen molar-refractivity contribution in [2.75, 3.05) is 25.5 Å². The van der Waals surface area contributed by atoms with Crippen LogP contribution in [0.4, 0.5) is 19.1 Å². The Hall–Kier alpha value is -2.71. The van der Waals surface area contributed by atoms with Crippen LogP contribution in [0, 0.1) is 0 Å². The van der Waals surface area contributed by atoms with Crippen LogP contribution in [0.25, 0.3) is 5.65 Å². The van der Waals surface area contributed by atoms with E-state index in [1.807, 2.05) is 28.8 Å². The third kappa shape index (κ3) is 6.13. The molecule has 13 heteroatoms. The summed E-state index contributed by atoms with van der Waals surface area (Å²) in [4.78, 5) is 11.3. The molecule has 0 amide bonds. The molecule has 0 aromatic carbocycles. The monoisotopic (exact) mass is 521 g/mol. The molecule has 0 bridgehead atoms. The van der Waals surface area contributed by atoms with Gasteiger partial charge in [0.15, 0.2) is 17.4 Å². The van der Waals surface area contributed by atoms with E-state index in [4.69, 9.17) is 0 Å². The highest BCUT2D eigenvalue weighted by atomic mass is 127. The standard InChI is InChI=1S/C16H18F3N9.HI/c1-20-14(24-10-13-27-26-12-4-2-3-9-28(12)13)22-7-8-23-15-21-6-5-11(25-15)16(17,18)19;/h2-6,9H,7-8,10H2,1H3,(H2,20,22,24)(H,21,23,25);1H. The normalized spacial score (nSPS) is 11.8. The van der Waals surface area contributed by atoms with Crippen molar-refractivity contribution in [3.05, 3.63) is 48.2 Å². The van der Waals surface area contributed by atoms with Crippen LogP contribution in [0.15, 0.2) is 41.7 Å². The topological polar surface area (TPSA) is 104 Å². The number of hydrogen-bond acceptors (Lipinski definition) is 6. The van der Waals surface area contributed by atoms with Crippen LogP contribution < -0.4 is 16.0 Å². The maximum Gasteiger partial charge on any atom is 0.433 e. The molecule has 0 atom stereocenters. The lowest BCUT2D eigenvalue weighted by Crippen LogP contribution is -2.39. The maximum atomic E-state index is 12.6. The highest BCUT2D eigenvalue weighted by Gasteiger charge is 2.32. The van der Waals surface area contributed by atoms with Gasteiger partial charge in [-0.05, 0) is 18.2 Å². The minimum atomic E-state index is -4.50. The zero-order valence-corrected chi connectivity index (χ0v) is 17.6. The summed E-state index contributed by atoms with van der Waals surface area (Å²) in [6, 6.07) is 6.44. The Morgan fingerprint density at radius 1 is 1.14 bits per heavy atom. The SMILES string of the molecule is CN=C(NCCNc1nccc(C(F)(F)F)n1)NCc1nnc2ccccn12.I. The van der Waals surface area contributed by atoms with Crippen molar-refractivity contribution in [1.29, 1.82) is 0 Å². The molecule has 3 N–H and O–H groups in total. The van der Waals surface area contributed by atoms with Crippen LogP contribution in [0.5, 0.6) is 0 Å². The Kier molecular flexibility index (Phi) is 7.92. The van der Waals surface area contributed by atoms with E-state index in [1.165, 1.54) is 0 Å². The predicted molar refractivity (Wildman–Crippen MR) is 112 cm³/mol. The third-order valence-electron chi connectivity index (χ3n) is 3.67. The number of alkyl halides is 3. The minimum Gasteiger partial charge on any atom is -0.355 e. The molecule has 0 fully saturated rings. The van der Waals surface area contributed by atoms with E-state index < -0.39 is 11.9 Å². The molecule has 0 spiro atoms. The van der Waals surface area contributed by atoms with Crippen molar-refractivity contribution >= 4 is 41.5 Å². The molecule has 0 saturated heterocycles. The summed E-state index contributed by atoms with van der Waals surface area (Å²) in [6.45, 7) is 1.09. The molecule has 0 aliphatic carbocycles. The number of fused-ring (bicyclic) bond motifs is 1. The summed E-state index contributed by atoms with van der Waals surface area (Å²) in [5.74, 6) is 1.14. The zero-order valence-electron chi connectivity index (χ0n) is 15.3. The number of anilines is 1. The number of nitrogens with one attached hydrogen (secondary N) is 3. The molecule has 156 valence electrons. The number of halogens is 4. The van der Waals surface area contributed by atoms with E-state index in [1.54, 1.807) is 7.05 Å². The molecule has 0 radical (unpaired) electrons. The third-order valence-corrected chi connectivity index (χ3v) is 3.67. The van der Waals surface area contributed by atoms with E-state index in [9.17, 15) is 13.2 Å². The van der Waals surface area contributed by atoms with Crippen molar-refractivity contribution < 1.29 is 13.2 Å². The van der Waals surface area contributed by atoms with Gasteiger partial charge in [-0.1, -0.05) is 6.07 Å². The lowest BCUT2D eigenvalue weighted by molar-refractivity contribution is -0.141. The Morgan fingerprint density at radius 3 is 2.72 bits per heavy atom. The second kappa shape index (κ2) is 10.2. The fraction of sp³-hybridized carbons (Fsp3) is 0.312. The molecule has 3 aromatic heterocycles. The number of pyridine rings is 1. The van der Waals surface area contributed by atoms with Crippen molar-refractivity contribution in [3.63, 3.8) is 0 Å². The number of hydrogen-bond donors (Lipinski definition) is 3. The first-order valence-electron chi connectivity index (χ1n) is 8.34. The Bertz CT molecular complexity index is 958. The van der Waals surface area contributed by atoms with Gasteiger partial charge in [-0.25, -0.2) is 9.97 Å². The Labute approximate surface area is 181 Å². The molecule has 3 rings (SSSR count). The molecule has 3 aromatic rings. The average molecular weight is 521 g/mol. The summed E-state index contributed by atoms with van der Waals surface area (Å²) in [7, 11) is 1.61. The number of rotatable bonds is 6. The van der Waals surface area contributed by atoms with E-state index in [2.05, 4.69) is 41.1 Å². The van der Waals surface area contributed by atoms with Crippen molar-refractivity contribution in [3.8, 4) is 0 Å². The van der Waals surface area contributed by atoms with Gasteiger partial charge in [0, 0.05) is 32.5 Å². The number of nitrogens with zero attached hydrogens (tertiary/aromatic N) is 6. The molecule has 3 heterocycles. The van der Waals surface area contributed by atoms with Gasteiger partial charge in [0.1, 0.15) is 5.69 Å². The van der Waals surface area contributed by atoms with Crippen LogP contribution in [-0.2, 0) is 12.7 Å². The van der Waals surface area contributed by atoms with Crippen LogP contribution in [0.2, 0.25) is 0 Å². The first kappa shape index (κ1) is 22.6. The highest BCUT2D eigenvalue weighted by molar-refractivity contribution is 14.0. The van der Waals surface area contributed by atoms with E-state index in [0.29, 0.717) is 31.4 Å². The van der Waals surface area contributed by atoms with E-state index >= 15 is 0 Å². The van der Waals surface area contributed by atoms with Crippen LogP contribution in [0.3, 0.4) is 0 Å². The minimum absolute atomic E-state index is 0. The lowest BCUT2D eigenvalue weighted by Gasteiger charge is -2.12. The number of guanidine groups is 1. The first-order valence-corrected chi connectivity index (χ1v) is 8.34. The number of aromatic nitrogens is 5. The first-order chi connectivity index (χ1) is 13.5. The van der Waals surface area contributed by atoms with Gasteiger partial charge < -0.3 is 16.0 Å². The Balaban J connectivity index is 0.00000300. The van der Waals surface area contributed by atoms with E-state index in [0.717, 1.165) is 17.9 Å². The zero-order chi connectivity index (χ0) is 20.0. The van der Waals surface area contributed by atoms with Crippen LogP contribution in [0.1, 0.15) is 11.5 Å². The smallest absolute Gasteiger partial charge is 0.355 e. The van der Waals surface area contributed by atoms with Gasteiger partial charge in [0.25, 0.3) is 0 Å². The largest absolute Gasteiger partial charge is 0.433 e. The summed E-state index contributed by atoms with van der Waals surface area (Å²) < 4.78 is 39.8. The lowest BCUT2D eigenvalue weighted by atomic mass is 10.4. The summed E-state index contributed by atoms with van der Waals surface area (Å²) in [6.07, 6.45) is -1.58. The van der Waals surface area contributed by atoms with Gasteiger partial charge in [-0.3, -0.25) is 9.39 Å². The fourth-order valence-corrected chi connectivity index (χ4v) is 2.35. The van der Waals surface area contributed by atoms with Gasteiger partial charge >= 0.3 is 6.18 Å². The molecular formula is C16H19F3IN9. The molecular weight excluding hydrogens is 502 g/mol. The second-order valence-corrected chi connectivity index (χ2v) is 5.59. The second-order valence-electron chi connectivity index (χ2n) is 5.59. The van der Waals surface area contributed by atoms with Crippen LogP contribution >= 0.6 is 24.0 Å². The van der Waals surface area contributed by atoms with Gasteiger partial charge in [0.05, 0.1) is 6.54 Å². The molecule has 0 unspecified atom stereocenters. The van der Waals surface area contributed by atoms with Crippen molar-refractivity contribution in [2.45, 2.75) is 12.7 Å². The summed E-state index contributed by atoms with van der Waals surface area (Å²) >= 11 is 0. The Morgan fingerprint density at radius 2 is 1.97 bits per heavy atom. The average Bonchev–Trinajstić information content (AvgIpc) is 3.10. The highest BCUT2D eigenvalue weighted by Crippen LogP contribution is 2.27. The summed E-state index contributed by atoms with van der Waals surface area (Å²) in [5.41, 5.74) is -0.247. The van der Waals surface area contributed by atoms with Gasteiger partial charge in [-0.2, -0.15) is 13.2 Å². The van der Waals surface area contributed by atoms with Crippen molar-refractivity contribution in [1.82, 2.24) is 35.2 Å². The van der Waals surface area contributed by atoms with Gasteiger partial charge in [0.2, 0.25) is 5.95 Å². The van der Waals surface area contributed by atoms with Crippen LogP contribution in [-0.4, -0.2) is 50.7 Å². The predicted octanol–water partition coefficient (Wildman–Crippen LogP) is 1.93. The fourth-order valence-electron chi connectivity index (χ4n) is 2.35. The van der Waals surface area contributed by atoms with Gasteiger partial charge in [-0.15, -0.1) is 34.2 Å². The molecule has 9 nitrogen and oxygen atoms in total. The molecule has 0 aliphatic heterocycles. The maximum absolute atomic E-state index is 12.6. The molecule has 29 heavy (non-hydrogen) atoms. The molecule has 0 aliphatic rings. The summed E-state index contributed by atoms with van der Waals surface area (Å²) in [5, 5.41) is 17.0. The molecule has 0 saturated carbocycles.